The number of benzene rings is 1. The molecule has 4 nitrogen and oxygen atoms in total. The van der Waals surface area contributed by atoms with Crippen molar-refractivity contribution in [3.8, 4) is 11.3 Å². The minimum Gasteiger partial charge on any atom is -0.444 e. The van der Waals surface area contributed by atoms with Crippen molar-refractivity contribution in [2.75, 3.05) is 4.90 Å². The number of hydrogen-bond acceptors (Lipinski definition) is 4. The van der Waals surface area contributed by atoms with Crippen LogP contribution >= 0.6 is 0 Å². The summed E-state index contributed by atoms with van der Waals surface area (Å²) >= 11 is 0. The molecule has 0 amide bonds. The molecule has 1 aromatic heterocycles. The van der Waals surface area contributed by atoms with E-state index in [1.54, 1.807) is 6.20 Å². The monoisotopic (exact) mass is 309 g/mol. The fourth-order valence-electron chi connectivity index (χ4n) is 3.29. The van der Waals surface area contributed by atoms with Crippen LogP contribution in [0, 0.1) is 5.92 Å². The SMILES string of the molecule is CC(C)CCC1N=Cc2cc(-c3cnco3)ccc2N1C1CC1. The quantitative estimate of drug-likeness (QED) is 0.816. The van der Waals surface area contributed by atoms with Gasteiger partial charge in [-0.15, -0.1) is 0 Å². The molecule has 1 aliphatic heterocycles. The van der Waals surface area contributed by atoms with Gasteiger partial charge in [0, 0.05) is 29.1 Å². The van der Waals surface area contributed by atoms with Gasteiger partial charge >= 0.3 is 0 Å². The Hall–Kier alpha value is -2.10. The fourth-order valence-corrected chi connectivity index (χ4v) is 3.29. The summed E-state index contributed by atoms with van der Waals surface area (Å²) in [5.41, 5.74) is 3.56. The Morgan fingerprint density at radius 3 is 2.87 bits per heavy atom. The van der Waals surface area contributed by atoms with Gasteiger partial charge in [0.05, 0.1) is 6.20 Å². The molecule has 4 heteroatoms. The Morgan fingerprint density at radius 2 is 2.17 bits per heavy atom. The summed E-state index contributed by atoms with van der Waals surface area (Å²) < 4.78 is 5.41. The standard InChI is InChI=1S/C19H23N3O/c1-13(2)3-8-19-21-10-15-9-14(18-11-20-12-23-18)4-7-17(15)22(19)16-5-6-16/h4,7,9-13,16,19H,3,5-6,8H2,1-2H3. The lowest BCUT2D eigenvalue weighted by molar-refractivity contribution is 0.477. The van der Waals surface area contributed by atoms with E-state index in [1.807, 2.05) is 6.21 Å². The topological polar surface area (TPSA) is 41.6 Å². The van der Waals surface area contributed by atoms with Gasteiger partial charge in [-0.2, -0.15) is 0 Å². The van der Waals surface area contributed by atoms with Gasteiger partial charge in [-0.1, -0.05) is 13.8 Å². The molecular formula is C19H23N3O. The minimum atomic E-state index is 0.300. The van der Waals surface area contributed by atoms with Crippen LogP contribution in [0.1, 0.15) is 45.1 Å². The molecule has 1 aromatic carbocycles. The molecule has 120 valence electrons. The van der Waals surface area contributed by atoms with Crippen LogP contribution in [0.5, 0.6) is 0 Å². The summed E-state index contributed by atoms with van der Waals surface area (Å²) in [6.45, 7) is 4.57. The lowest BCUT2D eigenvalue weighted by Gasteiger charge is -2.35. The largest absolute Gasteiger partial charge is 0.444 e. The van der Waals surface area contributed by atoms with Gasteiger partial charge in [-0.05, 0) is 49.8 Å². The molecule has 0 spiro atoms. The van der Waals surface area contributed by atoms with Gasteiger partial charge in [0.25, 0.3) is 0 Å². The summed E-state index contributed by atoms with van der Waals surface area (Å²) in [6.07, 6.45) is 10.5. The van der Waals surface area contributed by atoms with Gasteiger partial charge in [0.2, 0.25) is 0 Å². The molecule has 2 aliphatic rings. The Bertz CT molecular complexity index is 701. The van der Waals surface area contributed by atoms with E-state index >= 15 is 0 Å². The van der Waals surface area contributed by atoms with Crippen molar-refractivity contribution in [2.45, 2.75) is 51.7 Å². The van der Waals surface area contributed by atoms with Crippen molar-refractivity contribution in [3.05, 3.63) is 36.4 Å². The Morgan fingerprint density at radius 1 is 1.30 bits per heavy atom. The Labute approximate surface area is 137 Å². The van der Waals surface area contributed by atoms with Crippen LogP contribution < -0.4 is 4.90 Å². The first-order valence-electron chi connectivity index (χ1n) is 8.57. The van der Waals surface area contributed by atoms with E-state index in [0.29, 0.717) is 12.2 Å². The van der Waals surface area contributed by atoms with Crippen LogP contribution in [0.4, 0.5) is 5.69 Å². The molecule has 1 saturated carbocycles. The molecule has 1 unspecified atom stereocenters. The fraction of sp³-hybridized carbons (Fsp3) is 0.474. The molecule has 2 aromatic rings. The first-order chi connectivity index (χ1) is 11.2. The van der Waals surface area contributed by atoms with Gasteiger partial charge < -0.3 is 9.32 Å². The first-order valence-corrected chi connectivity index (χ1v) is 8.57. The van der Waals surface area contributed by atoms with Crippen molar-refractivity contribution >= 4 is 11.9 Å². The lowest BCUT2D eigenvalue weighted by Crippen LogP contribution is -2.39. The zero-order valence-electron chi connectivity index (χ0n) is 13.8. The average molecular weight is 309 g/mol. The molecular weight excluding hydrogens is 286 g/mol. The number of nitrogens with zero attached hydrogens (tertiary/aromatic N) is 3. The molecule has 0 N–H and O–H groups in total. The first kappa shape index (κ1) is 14.5. The molecule has 1 atom stereocenters. The third-order valence-electron chi connectivity index (χ3n) is 4.67. The van der Waals surface area contributed by atoms with E-state index in [9.17, 15) is 0 Å². The van der Waals surface area contributed by atoms with Crippen LogP contribution in [0.2, 0.25) is 0 Å². The van der Waals surface area contributed by atoms with E-state index in [2.05, 4.69) is 41.9 Å². The zero-order chi connectivity index (χ0) is 15.8. The van der Waals surface area contributed by atoms with Crippen molar-refractivity contribution in [2.24, 2.45) is 10.9 Å². The van der Waals surface area contributed by atoms with E-state index in [0.717, 1.165) is 23.7 Å². The summed E-state index contributed by atoms with van der Waals surface area (Å²) in [4.78, 5) is 11.4. The second-order valence-corrected chi connectivity index (χ2v) is 7.01. The number of anilines is 1. The second kappa shape index (κ2) is 5.84. The molecule has 0 radical (unpaired) electrons. The van der Waals surface area contributed by atoms with Gasteiger partial charge in [0.1, 0.15) is 6.17 Å². The van der Waals surface area contributed by atoms with Crippen LogP contribution in [0.15, 0.2) is 40.2 Å². The lowest BCUT2D eigenvalue weighted by atomic mass is 10.0. The summed E-state index contributed by atoms with van der Waals surface area (Å²) in [7, 11) is 0. The summed E-state index contributed by atoms with van der Waals surface area (Å²) in [6, 6.07) is 7.18. The van der Waals surface area contributed by atoms with Gasteiger partial charge in [-0.3, -0.25) is 4.99 Å². The maximum absolute atomic E-state index is 5.41. The third-order valence-corrected chi connectivity index (χ3v) is 4.67. The van der Waals surface area contributed by atoms with Gasteiger partial charge in [0.15, 0.2) is 12.2 Å². The highest BCUT2D eigenvalue weighted by Crippen LogP contribution is 2.39. The van der Waals surface area contributed by atoms with Gasteiger partial charge in [-0.25, -0.2) is 4.98 Å². The molecule has 1 aliphatic carbocycles. The van der Waals surface area contributed by atoms with Crippen molar-refractivity contribution in [1.29, 1.82) is 0 Å². The summed E-state index contributed by atoms with van der Waals surface area (Å²) in [5, 5.41) is 0. The molecule has 2 heterocycles. The highest BCUT2D eigenvalue weighted by atomic mass is 16.3. The van der Waals surface area contributed by atoms with E-state index in [1.165, 1.54) is 36.9 Å². The van der Waals surface area contributed by atoms with E-state index in [4.69, 9.17) is 9.41 Å². The number of aliphatic imine (C=N–C) groups is 1. The van der Waals surface area contributed by atoms with Crippen molar-refractivity contribution < 1.29 is 4.42 Å². The second-order valence-electron chi connectivity index (χ2n) is 7.01. The number of oxazole rings is 1. The molecule has 0 saturated heterocycles. The number of rotatable bonds is 5. The predicted octanol–water partition coefficient (Wildman–Crippen LogP) is 4.51. The third kappa shape index (κ3) is 2.90. The average Bonchev–Trinajstić information content (AvgIpc) is 3.24. The molecule has 4 rings (SSSR count). The number of fused-ring (bicyclic) bond motifs is 1. The summed E-state index contributed by atoms with van der Waals surface area (Å²) in [5.74, 6) is 1.53. The Balaban J connectivity index is 1.64. The number of aromatic nitrogens is 1. The smallest absolute Gasteiger partial charge is 0.181 e. The predicted molar refractivity (Wildman–Crippen MR) is 92.9 cm³/mol. The molecule has 1 fully saturated rings. The highest BCUT2D eigenvalue weighted by molar-refractivity contribution is 5.92. The highest BCUT2D eigenvalue weighted by Gasteiger charge is 2.36. The van der Waals surface area contributed by atoms with E-state index < -0.39 is 0 Å². The van der Waals surface area contributed by atoms with Crippen LogP contribution in [0.3, 0.4) is 0 Å². The maximum atomic E-state index is 5.41. The molecule has 23 heavy (non-hydrogen) atoms. The number of hydrogen-bond donors (Lipinski definition) is 0. The van der Waals surface area contributed by atoms with Crippen LogP contribution in [-0.4, -0.2) is 23.4 Å². The zero-order valence-corrected chi connectivity index (χ0v) is 13.8. The maximum Gasteiger partial charge on any atom is 0.181 e. The van der Waals surface area contributed by atoms with Crippen LogP contribution in [0.25, 0.3) is 11.3 Å². The van der Waals surface area contributed by atoms with Crippen LogP contribution in [-0.2, 0) is 0 Å². The Kier molecular flexibility index (Phi) is 3.68. The normalized spacial score (nSPS) is 20.1. The van der Waals surface area contributed by atoms with Crippen molar-refractivity contribution in [3.63, 3.8) is 0 Å². The molecule has 0 bridgehead atoms. The minimum absolute atomic E-state index is 0.300. The van der Waals surface area contributed by atoms with Crippen molar-refractivity contribution in [1.82, 2.24) is 4.98 Å². The van der Waals surface area contributed by atoms with E-state index in [-0.39, 0.29) is 0 Å².